The predicted molar refractivity (Wildman–Crippen MR) is 135 cm³/mol. The third-order valence-electron chi connectivity index (χ3n) is 6.39. The van der Waals surface area contributed by atoms with Gasteiger partial charge in [-0.05, 0) is 50.7 Å². The van der Waals surface area contributed by atoms with Gasteiger partial charge in [-0.3, -0.25) is 9.59 Å². The molecule has 0 bridgehead atoms. The van der Waals surface area contributed by atoms with Crippen LogP contribution in [0.1, 0.15) is 62.4 Å². The number of amides is 2. The summed E-state index contributed by atoms with van der Waals surface area (Å²) in [6.07, 6.45) is 9.51. The second-order valence-corrected chi connectivity index (χ2v) is 9.56. The quantitative estimate of drug-likeness (QED) is 0.349. The molecule has 184 valence electrons. The van der Waals surface area contributed by atoms with Crippen LogP contribution in [0.3, 0.4) is 0 Å². The summed E-state index contributed by atoms with van der Waals surface area (Å²) in [6.45, 7) is 1.87. The monoisotopic (exact) mass is 496 g/mol. The number of nitrogens with one attached hydrogen (secondary N) is 4. The predicted octanol–water partition coefficient (Wildman–Crippen LogP) is 3.85. The van der Waals surface area contributed by atoms with Crippen LogP contribution in [-0.2, 0) is 4.79 Å². The van der Waals surface area contributed by atoms with Gasteiger partial charge in [0.15, 0.2) is 11.3 Å². The fraction of sp³-hybridized carbons (Fsp3) is 0.458. The minimum Gasteiger partial charge on any atom is -0.379 e. The minimum absolute atomic E-state index is 0.101. The van der Waals surface area contributed by atoms with Crippen molar-refractivity contribution in [1.29, 1.82) is 0 Å². The number of rotatable bonds is 8. The van der Waals surface area contributed by atoms with Crippen LogP contribution in [0.25, 0.3) is 5.65 Å². The smallest absolute Gasteiger partial charge is 0.276 e. The molecule has 2 amide bonds. The Bertz CT molecular complexity index is 1230. The number of aromatic nitrogens is 4. The van der Waals surface area contributed by atoms with Crippen molar-refractivity contribution in [2.45, 2.75) is 70.0 Å². The second kappa shape index (κ2) is 10.1. The lowest BCUT2D eigenvalue weighted by atomic mass is 9.91. The average Bonchev–Trinajstić information content (AvgIpc) is 3.55. The summed E-state index contributed by atoms with van der Waals surface area (Å²) in [4.78, 5) is 33.2. The van der Waals surface area contributed by atoms with Crippen LogP contribution in [-0.4, -0.2) is 49.5 Å². The Morgan fingerprint density at radius 2 is 1.74 bits per heavy atom. The van der Waals surface area contributed by atoms with Crippen molar-refractivity contribution in [2.75, 3.05) is 16.0 Å². The highest BCUT2D eigenvalue weighted by Gasteiger charge is 2.26. The van der Waals surface area contributed by atoms with E-state index in [1.807, 2.05) is 13.0 Å². The molecule has 0 saturated heterocycles. The number of imidazole rings is 1. The number of hydrogen-bond donors (Lipinski definition) is 4. The normalized spacial score (nSPS) is 19.8. The fourth-order valence-corrected chi connectivity index (χ4v) is 4.52. The summed E-state index contributed by atoms with van der Waals surface area (Å²) in [5.41, 5.74) is 2.31. The van der Waals surface area contributed by atoms with Crippen molar-refractivity contribution in [2.24, 2.45) is 0 Å². The van der Waals surface area contributed by atoms with E-state index in [1.165, 1.54) is 12.4 Å². The zero-order valence-corrected chi connectivity index (χ0v) is 20.3. The van der Waals surface area contributed by atoms with Gasteiger partial charge in [-0.15, -0.1) is 5.10 Å². The maximum Gasteiger partial charge on any atom is 0.276 e. The molecule has 2 aliphatic rings. The summed E-state index contributed by atoms with van der Waals surface area (Å²) >= 11 is 5.95. The highest BCUT2D eigenvalue weighted by atomic mass is 35.5. The van der Waals surface area contributed by atoms with Gasteiger partial charge in [-0.2, -0.15) is 0 Å². The van der Waals surface area contributed by atoms with Gasteiger partial charge in [0.2, 0.25) is 5.91 Å². The van der Waals surface area contributed by atoms with Crippen molar-refractivity contribution >= 4 is 46.3 Å². The maximum absolute atomic E-state index is 13.0. The van der Waals surface area contributed by atoms with E-state index in [-0.39, 0.29) is 23.9 Å². The van der Waals surface area contributed by atoms with Gasteiger partial charge in [0, 0.05) is 42.5 Å². The molecule has 2 fully saturated rings. The van der Waals surface area contributed by atoms with Crippen LogP contribution in [0.4, 0.5) is 17.2 Å². The van der Waals surface area contributed by atoms with E-state index in [4.69, 9.17) is 16.7 Å². The molecule has 0 aromatic carbocycles. The van der Waals surface area contributed by atoms with Gasteiger partial charge in [-0.1, -0.05) is 18.5 Å². The Morgan fingerprint density at radius 1 is 1.03 bits per heavy atom. The number of anilines is 3. The summed E-state index contributed by atoms with van der Waals surface area (Å²) < 4.78 is 1.58. The summed E-state index contributed by atoms with van der Waals surface area (Å²) in [5, 5.41) is 18.0. The molecule has 3 heterocycles. The molecule has 10 nitrogen and oxygen atoms in total. The van der Waals surface area contributed by atoms with Gasteiger partial charge in [0.1, 0.15) is 11.0 Å². The van der Waals surface area contributed by atoms with Crippen LogP contribution >= 0.6 is 11.6 Å². The number of carbonyl (C=O) groups is 2. The summed E-state index contributed by atoms with van der Waals surface area (Å²) in [7, 11) is 0. The number of hydrogen-bond acceptors (Lipinski definition) is 7. The molecule has 5 rings (SSSR count). The first kappa shape index (κ1) is 23.3. The number of halogens is 1. The zero-order chi connectivity index (χ0) is 24.4. The third kappa shape index (κ3) is 5.64. The van der Waals surface area contributed by atoms with Crippen molar-refractivity contribution in [3.63, 3.8) is 0 Å². The number of carbonyl (C=O) groups excluding carboxylic acids is 2. The lowest BCUT2D eigenvalue weighted by Crippen LogP contribution is -2.40. The lowest BCUT2D eigenvalue weighted by Gasteiger charge is -2.30. The summed E-state index contributed by atoms with van der Waals surface area (Å²) in [6, 6.07) is 6.11. The molecular weight excluding hydrogens is 468 g/mol. The topological polar surface area (TPSA) is 125 Å². The van der Waals surface area contributed by atoms with E-state index < -0.39 is 0 Å². The van der Waals surface area contributed by atoms with Crippen LogP contribution in [0.2, 0.25) is 5.15 Å². The highest BCUT2D eigenvalue weighted by Crippen LogP contribution is 2.30. The SMILES string of the molecule is CCC(=O)N[C@H]1CC[C@H](Nc2cc(NC3CC3)c3ncc(C(=O)Nc4ccnc(Cl)c4)n3n2)CC1. The van der Waals surface area contributed by atoms with Crippen molar-refractivity contribution < 1.29 is 9.59 Å². The van der Waals surface area contributed by atoms with Crippen molar-refractivity contribution in [1.82, 2.24) is 24.9 Å². The van der Waals surface area contributed by atoms with Gasteiger partial charge >= 0.3 is 0 Å². The van der Waals surface area contributed by atoms with Crippen LogP contribution in [0.5, 0.6) is 0 Å². The number of pyridine rings is 1. The van der Waals surface area contributed by atoms with Crippen LogP contribution in [0, 0.1) is 0 Å². The molecular formula is C24H29ClN8O2. The number of nitrogens with zero attached hydrogens (tertiary/aromatic N) is 4. The lowest BCUT2D eigenvalue weighted by molar-refractivity contribution is -0.121. The molecule has 3 aromatic heterocycles. The Morgan fingerprint density at radius 3 is 2.46 bits per heavy atom. The second-order valence-electron chi connectivity index (χ2n) is 9.18. The fourth-order valence-electron chi connectivity index (χ4n) is 4.34. The van der Waals surface area contributed by atoms with Gasteiger partial charge in [0.05, 0.1) is 11.9 Å². The zero-order valence-electron chi connectivity index (χ0n) is 19.6. The first-order valence-electron chi connectivity index (χ1n) is 12.1. The van der Waals surface area contributed by atoms with Crippen LogP contribution in [0.15, 0.2) is 30.6 Å². The van der Waals surface area contributed by atoms with Crippen molar-refractivity contribution in [3.05, 3.63) is 41.4 Å². The molecule has 0 radical (unpaired) electrons. The molecule has 0 spiro atoms. The average molecular weight is 497 g/mol. The first-order chi connectivity index (χ1) is 17.0. The molecule has 2 aliphatic carbocycles. The summed E-state index contributed by atoms with van der Waals surface area (Å²) in [5.74, 6) is 0.443. The Kier molecular flexibility index (Phi) is 6.72. The number of fused-ring (bicyclic) bond motifs is 1. The first-order valence-corrected chi connectivity index (χ1v) is 12.5. The molecule has 11 heteroatoms. The van der Waals surface area contributed by atoms with E-state index in [0.717, 1.165) is 44.2 Å². The van der Waals surface area contributed by atoms with E-state index in [9.17, 15) is 9.59 Å². The van der Waals surface area contributed by atoms with E-state index in [0.29, 0.717) is 40.5 Å². The molecule has 0 aliphatic heterocycles. The molecule has 4 N–H and O–H groups in total. The van der Waals surface area contributed by atoms with E-state index in [1.54, 1.807) is 16.6 Å². The van der Waals surface area contributed by atoms with Gasteiger partial charge < -0.3 is 21.3 Å². The molecule has 0 atom stereocenters. The highest BCUT2D eigenvalue weighted by molar-refractivity contribution is 6.29. The Labute approximate surface area is 208 Å². The van der Waals surface area contributed by atoms with E-state index >= 15 is 0 Å². The van der Waals surface area contributed by atoms with E-state index in [2.05, 4.69) is 31.2 Å². The van der Waals surface area contributed by atoms with Crippen LogP contribution < -0.4 is 21.3 Å². The minimum atomic E-state index is -0.339. The molecule has 3 aromatic rings. The Balaban J connectivity index is 1.35. The largest absolute Gasteiger partial charge is 0.379 e. The Hall–Kier alpha value is -3.40. The van der Waals surface area contributed by atoms with Gasteiger partial charge in [-0.25, -0.2) is 14.5 Å². The maximum atomic E-state index is 13.0. The molecule has 35 heavy (non-hydrogen) atoms. The standard InChI is InChI=1S/C24H29ClN8O2/c1-2-22(34)30-16-7-5-15(6-8-16)29-21-12-18(28-14-3-4-14)23-27-13-19(33(23)32-21)24(35)31-17-9-10-26-20(25)11-17/h9-16,28H,2-8H2,1H3,(H,29,32)(H,30,34)(H,26,31,35)/t15-,16-. The van der Waals surface area contributed by atoms with Gasteiger partial charge in [0.25, 0.3) is 5.91 Å². The molecule has 0 unspecified atom stereocenters. The van der Waals surface area contributed by atoms with Crippen molar-refractivity contribution in [3.8, 4) is 0 Å². The third-order valence-corrected chi connectivity index (χ3v) is 6.59. The molecule has 2 saturated carbocycles.